The Hall–Kier alpha value is -0.630. The van der Waals surface area contributed by atoms with E-state index in [-0.39, 0.29) is 31.0 Å². The molecule has 70 valence electrons. The largest absolute Gasteiger partial charge is 1.00 e. The zero-order valence-corrected chi connectivity index (χ0v) is 8.76. The molecule has 3 N–H and O–H groups in total. The zero-order chi connectivity index (χ0) is 9.72. The van der Waals surface area contributed by atoms with Gasteiger partial charge in [-0.2, -0.15) is 0 Å². The quantitative estimate of drug-likeness (QED) is 0.305. The Morgan fingerprint density at radius 3 is 1.77 bits per heavy atom. The molecule has 0 unspecified atom stereocenters. The average Bonchev–Trinajstić information content (AvgIpc) is 1.84. The standard InChI is InChI=1S/C5H6O7.Na.H/c6-2(7)1-12-3(4(8)9)5(10)11;;/h3H,1H2,(H,6,7)(H,8,9)(H,10,11);;/q;+1;-1. The van der Waals surface area contributed by atoms with E-state index in [0.717, 1.165) is 0 Å². The van der Waals surface area contributed by atoms with E-state index in [0.29, 0.717) is 0 Å². The summed E-state index contributed by atoms with van der Waals surface area (Å²) in [5.41, 5.74) is 0. The van der Waals surface area contributed by atoms with Gasteiger partial charge in [0.05, 0.1) is 0 Å². The maximum Gasteiger partial charge on any atom is 1.00 e. The zero-order valence-electron chi connectivity index (χ0n) is 7.76. The van der Waals surface area contributed by atoms with Crippen LogP contribution in [0.3, 0.4) is 0 Å². The molecule has 7 nitrogen and oxygen atoms in total. The number of aliphatic carboxylic acids is 3. The van der Waals surface area contributed by atoms with Crippen LogP contribution in [0.1, 0.15) is 1.43 Å². The molecule has 0 fully saturated rings. The van der Waals surface area contributed by atoms with E-state index in [1.807, 2.05) is 0 Å². The Kier molecular flexibility index (Phi) is 7.82. The molecule has 0 rings (SSSR count). The van der Waals surface area contributed by atoms with Gasteiger partial charge in [0.2, 0.25) is 0 Å². The van der Waals surface area contributed by atoms with Gasteiger partial charge in [-0.05, 0) is 0 Å². The van der Waals surface area contributed by atoms with Crippen LogP contribution in [0, 0.1) is 0 Å². The molecule has 8 heteroatoms. The number of carboxylic acids is 3. The van der Waals surface area contributed by atoms with Crippen LogP contribution in [0.25, 0.3) is 0 Å². The molecular formula is C5H7NaO7. The molecule has 13 heavy (non-hydrogen) atoms. The minimum atomic E-state index is -2.12. The Morgan fingerprint density at radius 2 is 1.54 bits per heavy atom. The third-order valence-corrected chi connectivity index (χ3v) is 0.822. The summed E-state index contributed by atoms with van der Waals surface area (Å²) in [6.45, 7) is -0.955. The van der Waals surface area contributed by atoms with Crippen molar-refractivity contribution in [2.45, 2.75) is 6.10 Å². The molecule has 0 aromatic rings. The molecule has 0 heterocycles. The van der Waals surface area contributed by atoms with Gasteiger partial charge in [0.15, 0.2) is 0 Å². The molecule has 0 amide bonds. The summed E-state index contributed by atoms with van der Waals surface area (Å²) in [5.74, 6) is -4.89. The van der Waals surface area contributed by atoms with Gasteiger partial charge >= 0.3 is 47.5 Å². The van der Waals surface area contributed by atoms with Gasteiger partial charge < -0.3 is 21.5 Å². The topological polar surface area (TPSA) is 121 Å². The summed E-state index contributed by atoms with van der Waals surface area (Å²) in [4.78, 5) is 29.9. The van der Waals surface area contributed by atoms with Crippen molar-refractivity contribution in [2.75, 3.05) is 6.61 Å². The maximum atomic E-state index is 10.1. The second kappa shape index (κ2) is 6.84. The first-order valence-corrected chi connectivity index (χ1v) is 2.74. The Morgan fingerprint density at radius 1 is 1.15 bits per heavy atom. The van der Waals surface area contributed by atoms with Gasteiger partial charge in [-0.3, -0.25) is 0 Å². The molecular weight excluding hydrogens is 195 g/mol. The fourth-order valence-electron chi connectivity index (χ4n) is 0.403. The minimum absolute atomic E-state index is 0. The molecule has 0 aliphatic rings. The van der Waals surface area contributed by atoms with Gasteiger partial charge in [-0.1, -0.05) is 0 Å². The van der Waals surface area contributed by atoms with E-state index >= 15 is 0 Å². The first-order chi connectivity index (χ1) is 5.45. The molecule has 0 aromatic carbocycles. The summed E-state index contributed by atoms with van der Waals surface area (Å²) >= 11 is 0. The summed E-state index contributed by atoms with van der Waals surface area (Å²) in [7, 11) is 0. The average molecular weight is 202 g/mol. The second-order valence-corrected chi connectivity index (χ2v) is 1.76. The van der Waals surface area contributed by atoms with Gasteiger partial charge in [0.1, 0.15) is 6.61 Å². The van der Waals surface area contributed by atoms with Crippen LogP contribution in [0.2, 0.25) is 0 Å². The fourth-order valence-corrected chi connectivity index (χ4v) is 0.403. The van der Waals surface area contributed by atoms with Crippen LogP contribution < -0.4 is 29.6 Å². The molecule has 0 radical (unpaired) electrons. The normalized spacial score (nSPS) is 9.00. The monoisotopic (exact) mass is 202 g/mol. The Balaban J connectivity index is -0.000000605. The number of carboxylic acid groups (broad SMARTS) is 3. The van der Waals surface area contributed by atoms with E-state index in [1.165, 1.54) is 0 Å². The molecule has 0 atom stereocenters. The first-order valence-electron chi connectivity index (χ1n) is 2.74. The summed E-state index contributed by atoms with van der Waals surface area (Å²) in [6.07, 6.45) is -2.12. The smallest absolute Gasteiger partial charge is 1.00 e. The van der Waals surface area contributed by atoms with Gasteiger partial charge in [-0.15, -0.1) is 0 Å². The molecule has 0 spiro atoms. The SMILES string of the molecule is O=C(O)COC(C(=O)O)C(=O)O.[H-].[Na+]. The van der Waals surface area contributed by atoms with Crippen LogP contribution >= 0.6 is 0 Å². The molecule has 0 aliphatic carbocycles. The van der Waals surface area contributed by atoms with Crippen LogP contribution in [-0.2, 0) is 19.1 Å². The van der Waals surface area contributed by atoms with E-state index in [1.54, 1.807) is 0 Å². The van der Waals surface area contributed by atoms with Crippen molar-refractivity contribution in [3.05, 3.63) is 0 Å². The number of hydrogen-bond donors (Lipinski definition) is 3. The van der Waals surface area contributed by atoms with Crippen LogP contribution in [0.4, 0.5) is 0 Å². The van der Waals surface area contributed by atoms with Crippen molar-refractivity contribution in [2.24, 2.45) is 0 Å². The summed E-state index contributed by atoms with van der Waals surface area (Å²) < 4.78 is 4.03. The third kappa shape index (κ3) is 6.52. The van der Waals surface area contributed by atoms with Crippen molar-refractivity contribution in [1.29, 1.82) is 0 Å². The predicted molar refractivity (Wildman–Crippen MR) is 33.8 cm³/mol. The van der Waals surface area contributed by atoms with Crippen molar-refractivity contribution >= 4 is 17.9 Å². The molecule has 0 aliphatic heterocycles. The van der Waals surface area contributed by atoms with Gasteiger partial charge in [0, 0.05) is 0 Å². The van der Waals surface area contributed by atoms with Gasteiger partial charge in [-0.25, -0.2) is 14.4 Å². The van der Waals surface area contributed by atoms with Crippen LogP contribution in [-0.4, -0.2) is 45.9 Å². The Labute approximate surface area is 96.1 Å². The molecule has 0 saturated heterocycles. The summed E-state index contributed by atoms with van der Waals surface area (Å²) in [5, 5.41) is 24.3. The third-order valence-electron chi connectivity index (χ3n) is 0.822. The molecule has 0 aromatic heterocycles. The van der Waals surface area contributed by atoms with E-state index < -0.39 is 30.6 Å². The van der Waals surface area contributed by atoms with E-state index in [9.17, 15) is 14.4 Å². The van der Waals surface area contributed by atoms with E-state index in [2.05, 4.69) is 4.74 Å². The Bertz CT molecular complexity index is 204. The van der Waals surface area contributed by atoms with Crippen molar-refractivity contribution < 1.29 is 65.4 Å². The summed E-state index contributed by atoms with van der Waals surface area (Å²) in [6, 6.07) is 0. The number of carbonyl (C=O) groups is 3. The van der Waals surface area contributed by atoms with Crippen molar-refractivity contribution in [3.63, 3.8) is 0 Å². The predicted octanol–water partition coefficient (Wildman–Crippen LogP) is -4.26. The van der Waals surface area contributed by atoms with Crippen molar-refractivity contribution in [3.8, 4) is 0 Å². The van der Waals surface area contributed by atoms with Crippen LogP contribution in [0.15, 0.2) is 0 Å². The van der Waals surface area contributed by atoms with E-state index in [4.69, 9.17) is 15.3 Å². The van der Waals surface area contributed by atoms with Crippen molar-refractivity contribution in [1.82, 2.24) is 0 Å². The molecule has 0 saturated carbocycles. The number of ether oxygens (including phenoxy) is 1. The fraction of sp³-hybridized carbons (Fsp3) is 0.400. The number of rotatable bonds is 5. The van der Waals surface area contributed by atoms with Gasteiger partial charge in [0.25, 0.3) is 6.10 Å². The molecule has 0 bridgehead atoms. The minimum Gasteiger partial charge on any atom is -1.00 e. The van der Waals surface area contributed by atoms with Crippen LogP contribution in [0.5, 0.6) is 0 Å². The first kappa shape index (κ1) is 14.9. The maximum absolute atomic E-state index is 10.1. The number of hydrogen-bond acceptors (Lipinski definition) is 4. The second-order valence-electron chi connectivity index (χ2n) is 1.76.